The van der Waals surface area contributed by atoms with Crippen LogP contribution in [0, 0.1) is 0 Å². The van der Waals surface area contributed by atoms with E-state index in [-0.39, 0.29) is 16.9 Å². The van der Waals surface area contributed by atoms with Gasteiger partial charge in [-0.25, -0.2) is 9.97 Å². The topological polar surface area (TPSA) is 128 Å². The summed E-state index contributed by atoms with van der Waals surface area (Å²) in [5.74, 6) is 0.926. The van der Waals surface area contributed by atoms with Crippen molar-refractivity contribution >= 4 is 29.1 Å². The van der Waals surface area contributed by atoms with E-state index in [1.807, 2.05) is 6.08 Å². The van der Waals surface area contributed by atoms with E-state index in [1.54, 1.807) is 7.11 Å². The van der Waals surface area contributed by atoms with Gasteiger partial charge in [0.05, 0.1) is 6.61 Å². The molecule has 0 fully saturated rings. The predicted molar refractivity (Wildman–Crippen MR) is 93.6 cm³/mol. The molecule has 0 aromatic carbocycles. The van der Waals surface area contributed by atoms with Crippen LogP contribution in [-0.4, -0.2) is 40.2 Å². The Morgan fingerprint density at radius 1 is 1.40 bits per heavy atom. The van der Waals surface area contributed by atoms with Gasteiger partial charge in [-0.2, -0.15) is 4.98 Å². The summed E-state index contributed by atoms with van der Waals surface area (Å²) in [6.45, 7) is 1.03. The van der Waals surface area contributed by atoms with Crippen molar-refractivity contribution in [3.63, 3.8) is 0 Å². The zero-order chi connectivity index (χ0) is 17.8. The maximum absolute atomic E-state index is 11.6. The molecule has 25 heavy (non-hydrogen) atoms. The molecule has 0 aliphatic heterocycles. The lowest BCUT2D eigenvalue weighted by Gasteiger charge is -2.17. The fraction of sp³-hybridized carbons (Fsp3) is 0.333. The van der Waals surface area contributed by atoms with E-state index in [2.05, 4.69) is 25.3 Å². The van der Waals surface area contributed by atoms with Gasteiger partial charge >= 0.3 is 0 Å². The number of nitrogens with two attached hydrogens (primary N) is 1. The van der Waals surface area contributed by atoms with Crippen molar-refractivity contribution in [2.45, 2.75) is 12.8 Å². The van der Waals surface area contributed by atoms with Gasteiger partial charge in [0.15, 0.2) is 11.6 Å². The number of aromatic nitrogens is 4. The minimum atomic E-state index is -0.408. The molecule has 2 aromatic heterocycles. The number of anilines is 2. The minimum Gasteiger partial charge on any atom is -0.437 e. The van der Waals surface area contributed by atoms with Crippen LogP contribution in [0.4, 0.5) is 11.8 Å². The molecule has 2 heterocycles. The number of ether oxygens (including phenoxy) is 2. The van der Waals surface area contributed by atoms with Crippen LogP contribution < -0.4 is 21.3 Å². The second kappa shape index (κ2) is 7.49. The number of fused-ring (bicyclic) bond motifs is 1. The highest BCUT2D eigenvalue weighted by molar-refractivity contribution is 6.29. The molecule has 4 N–H and O–H groups in total. The second-order valence-corrected chi connectivity index (χ2v) is 5.65. The molecule has 0 radical (unpaired) electrons. The maximum Gasteiger partial charge on any atom is 0.290 e. The molecule has 0 atom stereocenters. The van der Waals surface area contributed by atoms with Crippen LogP contribution in [-0.2, 0) is 11.2 Å². The minimum absolute atomic E-state index is 0.113. The molecule has 0 unspecified atom stereocenters. The first-order chi connectivity index (χ1) is 12.1. The molecule has 0 spiro atoms. The zero-order valence-electron chi connectivity index (χ0n) is 13.5. The number of nitrogens with one attached hydrogen (secondary N) is 2. The molecule has 1 aliphatic carbocycles. The van der Waals surface area contributed by atoms with E-state index in [1.165, 1.54) is 6.07 Å². The summed E-state index contributed by atoms with van der Waals surface area (Å²) in [7, 11) is 1.60. The first-order valence-corrected chi connectivity index (χ1v) is 7.99. The van der Waals surface area contributed by atoms with Crippen molar-refractivity contribution in [2.24, 2.45) is 0 Å². The van der Waals surface area contributed by atoms with Gasteiger partial charge in [0.1, 0.15) is 10.8 Å². The number of nitrogen functional groups attached to an aromatic ring is 1. The summed E-state index contributed by atoms with van der Waals surface area (Å²) in [5.41, 5.74) is 6.37. The monoisotopic (exact) mass is 364 g/mol. The fourth-order valence-corrected chi connectivity index (χ4v) is 2.50. The van der Waals surface area contributed by atoms with Gasteiger partial charge in [-0.1, -0.05) is 11.6 Å². The number of halogens is 1. The molecule has 0 saturated heterocycles. The smallest absolute Gasteiger partial charge is 0.290 e. The molecular weight excluding hydrogens is 348 g/mol. The van der Waals surface area contributed by atoms with Crippen molar-refractivity contribution in [1.29, 1.82) is 0 Å². The maximum atomic E-state index is 11.6. The number of H-pyrrole nitrogens is 1. The lowest BCUT2D eigenvalue weighted by Crippen LogP contribution is -2.21. The second-order valence-electron chi connectivity index (χ2n) is 5.26. The largest absolute Gasteiger partial charge is 0.437 e. The number of aryl methyl sites for hydroxylation is 1. The van der Waals surface area contributed by atoms with E-state index in [9.17, 15) is 4.79 Å². The Morgan fingerprint density at radius 2 is 2.24 bits per heavy atom. The summed E-state index contributed by atoms with van der Waals surface area (Å²) in [6.07, 6.45) is 3.21. The quantitative estimate of drug-likeness (QED) is 0.515. The lowest BCUT2D eigenvalue weighted by atomic mass is 10.1. The average Bonchev–Trinajstić information content (AvgIpc) is 2.56. The number of hydrogen-bond donors (Lipinski definition) is 3. The Kier molecular flexibility index (Phi) is 5.15. The van der Waals surface area contributed by atoms with Crippen molar-refractivity contribution in [3.05, 3.63) is 39.0 Å². The summed E-state index contributed by atoms with van der Waals surface area (Å²) in [6, 6.07) is 1.49. The number of rotatable bonds is 6. The Balaban J connectivity index is 1.85. The zero-order valence-corrected chi connectivity index (χ0v) is 14.3. The highest BCUT2D eigenvalue weighted by atomic mass is 35.5. The fourth-order valence-electron chi connectivity index (χ4n) is 2.32. The molecule has 0 saturated carbocycles. The Bertz CT molecular complexity index is 867. The van der Waals surface area contributed by atoms with Crippen LogP contribution in [0.1, 0.15) is 17.8 Å². The number of aromatic amines is 1. The van der Waals surface area contributed by atoms with Gasteiger partial charge in [-0.05, 0) is 18.9 Å². The molecule has 1 aliphatic rings. The third kappa shape index (κ3) is 4.06. The normalized spacial score (nSPS) is 13.1. The molecule has 9 nitrogen and oxygen atoms in total. The molecular formula is C15H17ClN6O3. The third-order valence-corrected chi connectivity index (χ3v) is 3.64. The summed E-state index contributed by atoms with van der Waals surface area (Å²) >= 11 is 6.02. The van der Waals surface area contributed by atoms with Crippen LogP contribution in [0.3, 0.4) is 0 Å². The third-order valence-electron chi connectivity index (χ3n) is 3.45. The SMILES string of the molecule is COCCNc1nc(Cl)cc(OC2=CCCc3[nH]c(=O)c(N)nc32)n1. The highest BCUT2D eigenvalue weighted by Gasteiger charge is 2.19. The first kappa shape index (κ1) is 17.2. The summed E-state index contributed by atoms with van der Waals surface area (Å²) in [5, 5.41) is 3.22. The van der Waals surface area contributed by atoms with Crippen LogP contribution in [0.25, 0.3) is 5.76 Å². The number of methoxy groups -OCH3 is 1. The molecule has 10 heteroatoms. The van der Waals surface area contributed by atoms with E-state index in [0.29, 0.717) is 49.1 Å². The number of allylic oxidation sites excluding steroid dienone is 1. The molecule has 3 rings (SSSR count). The number of hydrogen-bond acceptors (Lipinski definition) is 8. The Labute approximate surface area is 148 Å². The van der Waals surface area contributed by atoms with Crippen molar-refractivity contribution in [1.82, 2.24) is 19.9 Å². The molecule has 132 valence electrons. The molecule has 0 bridgehead atoms. The van der Waals surface area contributed by atoms with E-state index >= 15 is 0 Å². The van der Waals surface area contributed by atoms with Crippen LogP contribution in [0.5, 0.6) is 5.88 Å². The predicted octanol–water partition coefficient (Wildman–Crippen LogP) is 1.22. The summed E-state index contributed by atoms with van der Waals surface area (Å²) < 4.78 is 10.8. The van der Waals surface area contributed by atoms with Crippen molar-refractivity contribution < 1.29 is 9.47 Å². The van der Waals surface area contributed by atoms with Gasteiger partial charge in [-0.3, -0.25) is 4.79 Å². The Morgan fingerprint density at radius 3 is 3.04 bits per heavy atom. The van der Waals surface area contributed by atoms with Gasteiger partial charge in [0.25, 0.3) is 5.56 Å². The van der Waals surface area contributed by atoms with Gasteiger partial charge in [-0.15, -0.1) is 0 Å². The van der Waals surface area contributed by atoms with E-state index < -0.39 is 5.56 Å². The standard InChI is InChI=1S/C15H17ClN6O3/c1-24-6-5-18-15-20-10(16)7-11(21-15)25-9-4-2-3-8-12(9)22-13(17)14(23)19-8/h4,7H,2-3,5-6H2,1H3,(H2,17,22)(H,19,23)(H,18,20,21). The van der Waals surface area contributed by atoms with Gasteiger partial charge in [0.2, 0.25) is 11.8 Å². The van der Waals surface area contributed by atoms with Crippen LogP contribution in [0.15, 0.2) is 16.9 Å². The lowest BCUT2D eigenvalue weighted by molar-refractivity contribution is 0.210. The van der Waals surface area contributed by atoms with Crippen LogP contribution in [0.2, 0.25) is 5.15 Å². The van der Waals surface area contributed by atoms with E-state index in [4.69, 9.17) is 26.8 Å². The summed E-state index contributed by atoms with van der Waals surface area (Å²) in [4.78, 5) is 26.8. The van der Waals surface area contributed by atoms with Crippen LogP contribution >= 0.6 is 11.6 Å². The van der Waals surface area contributed by atoms with E-state index in [0.717, 1.165) is 0 Å². The first-order valence-electron chi connectivity index (χ1n) is 7.61. The molecule has 2 aromatic rings. The van der Waals surface area contributed by atoms with Gasteiger partial charge in [0, 0.05) is 25.4 Å². The number of nitrogens with zero attached hydrogens (tertiary/aromatic N) is 3. The Hall–Kier alpha value is -2.65. The molecule has 0 amide bonds. The van der Waals surface area contributed by atoms with Crippen molar-refractivity contribution in [2.75, 3.05) is 31.3 Å². The van der Waals surface area contributed by atoms with Crippen molar-refractivity contribution in [3.8, 4) is 5.88 Å². The van der Waals surface area contributed by atoms with Gasteiger partial charge < -0.3 is 25.5 Å². The average molecular weight is 365 g/mol. The highest BCUT2D eigenvalue weighted by Crippen LogP contribution is 2.27.